The Labute approximate surface area is 119 Å². The van der Waals surface area contributed by atoms with Gasteiger partial charge in [0.15, 0.2) is 11.5 Å². The quantitative estimate of drug-likeness (QED) is 0.849. The summed E-state index contributed by atoms with van der Waals surface area (Å²) in [5, 5.41) is 12.6. The van der Waals surface area contributed by atoms with Gasteiger partial charge in [-0.1, -0.05) is 5.16 Å². The summed E-state index contributed by atoms with van der Waals surface area (Å²) >= 11 is 1.49. The molecule has 0 unspecified atom stereocenters. The number of carbonyl (C=O) groups is 1. The van der Waals surface area contributed by atoms with Crippen LogP contribution in [0.1, 0.15) is 10.6 Å². The first-order valence-electron chi connectivity index (χ1n) is 5.61. The zero-order valence-electron chi connectivity index (χ0n) is 11.2. The lowest BCUT2D eigenvalue weighted by Crippen LogP contribution is -1.94. The van der Waals surface area contributed by atoms with E-state index in [9.17, 15) is 4.79 Å². The number of nitrogens with zero attached hydrogens (tertiary/aromatic N) is 1. The number of aromatic carboxylic acids is 1. The number of methoxy groups -OCH3 is 2. The summed E-state index contributed by atoms with van der Waals surface area (Å²) in [7, 11) is 3.10. The van der Waals surface area contributed by atoms with Crippen LogP contribution in [0, 0.1) is 0 Å². The summed E-state index contributed by atoms with van der Waals surface area (Å²) in [5.41, 5.74) is 1.13. The SMILES string of the molecule is COc1cc(-c2cc(C(=O)O)on2)cc(SC)c1OC. The van der Waals surface area contributed by atoms with Gasteiger partial charge in [-0.05, 0) is 18.4 Å². The normalized spacial score (nSPS) is 10.3. The van der Waals surface area contributed by atoms with Crippen LogP contribution in [0.3, 0.4) is 0 Å². The van der Waals surface area contributed by atoms with Crippen LogP contribution in [-0.2, 0) is 0 Å². The second kappa shape index (κ2) is 5.87. The number of thioether (sulfide) groups is 1. The Kier molecular flexibility index (Phi) is 4.19. The summed E-state index contributed by atoms with van der Waals surface area (Å²) in [6, 6.07) is 4.94. The summed E-state index contributed by atoms with van der Waals surface area (Å²) in [5.74, 6) is -0.185. The molecule has 1 aromatic carbocycles. The minimum absolute atomic E-state index is 0.208. The lowest BCUT2D eigenvalue weighted by atomic mass is 10.1. The molecule has 2 rings (SSSR count). The van der Waals surface area contributed by atoms with Crippen LogP contribution in [-0.4, -0.2) is 36.7 Å². The molecule has 1 aromatic heterocycles. The lowest BCUT2D eigenvalue weighted by molar-refractivity contribution is 0.0652. The van der Waals surface area contributed by atoms with Crippen LogP contribution in [0.2, 0.25) is 0 Å². The van der Waals surface area contributed by atoms with E-state index < -0.39 is 5.97 Å². The van der Waals surface area contributed by atoms with Crippen LogP contribution < -0.4 is 9.47 Å². The van der Waals surface area contributed by atoms with Gasteiger partial charge in [0.25, 0.3) is 0 Å². The summed E-state index contributed by atoms with van der Waals surface area (Å²) in [4.78, 5) is 11.7. The van der Waals surface area contributed by atoms with E-state index in [1.165, 1.54) is 24.9 Å². The predicted molar refractivity (Wildman–Crippen MR) is 73.8 cm³/mol. The van der Waals surface area contributed by atoms with Gasteiger partial charge in [-0.3, -0.25) is 0 Å². The van der Waals surface area contributed by atoms with Gasteiger partial charge in [-0.25, -0.2) is 4.79 Å². The fourth-order valence-corrected chi connectivity index (χ4v) is 2.36. The molecule has 0 atom stereocenters. The average molecular weight is 295 g/mol. The molecular weight excluding hydrogens is 282 g/mol. The largest absolute Gasteiger partial charge is 0.493 e. The molecule has 106 valence electrons. The maximum atomic E-state index is 10.8. The average Bonchev–Trinajstić information content (AvgIpc) is 2.95. The first-order valence-corrected chi connectivity index (χ1v) is 6.83. The van der Waals surface area contributed by atoms with Gasteiger partial charge in [0.2, 0.25) is 5.76 Å². The van der Waals surface area contributed by atoms with E-state index in [0.717, 1.165) is 4.90 Å². The van der Waals surface area contributed by atoms with E-state index in [1.54, 1.807) is 13.2 Å². The first kappa shape index (κ1) is 14.3. The van der Waals surface area contributed by atoms with Gasteiger partial charge in [0.05, 0.1) is 19.1 Å². The molecule has 0 aliphatic heterocycles. The van der Waals surface area contributed by atoms with Crippen molar-refractivity contribution in [3.05, 3.63) is 24.0 Å². The molecule has 20 heavy (non-hydrogen) atoms. The summed E-state index contributed by atoms with van der Waals surface area (Å²) in [6.45, 7) is 0. The van der Waals surface area contributed by atoms with Gasteiger partial charge in [-0.15, -0.1) is 11.8 Å². The van der Waals surface area contributed by atoms with Gasteiger partial charge in [0, 0.05) is 11.6 Å². The highest BCUT2D eigenvalue weighted by atomic mass is 32.2. The van der Waals surface area contributed by atoms with Crippen LogP contribution in [0.5, 0.6) is 11.5 Å². The molecular formula is C13H13NO5S. The number of hydrogen-bond acceptors (Lipinski definition) is 6. The van der Waals surface area contributed by atoms with E-state index in [1.807, 2.05) is 12.3 Å². The van der Waals surface area contributed by atoms with Crippen molar-refractivity contribution < 1.29 is 23.9 Å². The monoisotopic (exact) mass is 295 g/mol. The summed E-state index contributed by atoms with van der Waals surface area (Å²) < 4.78 is 15.3. The zero-order valence-corrected chi connectivity index (χ0v) is 12.0. The van der Waals surface area contributed by atoms with Crippen molar-refractivity contribution in [2.75, 3.05) is 20.5 Å². The van der Waals surface area contributed by atoms with E-state index in [0.29, 0.717) is 22.8 Å². The van der Waals surface area contributed by atoms with Crippen molar-refractivity contribution in [1.82, 2.24) is 5.16 Å². The smallest absolute Gasteiger partial charge is 0.374 e. The Bertz CT molecular complexity index is 612. The third-order valence-corrected chi connectivity index (χ3v) is 3.42. The Hall–Kier alpha value is -2.15. The van der Waals surface area contributed by atoms with E-state index in [-0.39, 0.29) is 5.76 Å². The molecule has 6 nitrogen and oxygen atoms in total. The second-order valence-electron chi connectivity index (χ2n) is 3.80. The van der Waals surface area contributed by atoms with Crippen molar-refractivity contribution in [3.63, 3.8) is 0 Å². The molecule has 0 amide bonds. The third-order valence-electron chi connectivity index (χ3n) is 2.68. The predicted octanol–water partition coefficient (Wildman–Crippen LogP) is 2.78. The number of benzene rings is 1. The number of hydrogen-bond donors (Lipinski definition) is 1. The zero-order chi connectivity index (χ0) is 14.7. The third kappa shape index (κ3) is 2.57. The van der Waals surface area contributed by atoms with Crippen LogP contribution in [0.15, 0.2) is 27.6 Å². The lowest BCUT2D eigenvalue weighted by Gasteiger charge is -2.12. The first-order chi connectivity index (χ1) is 9.60. The van der Waals surface area contributed by atoms with E-state index >= 15 is 0 Å². The molecule has 0 spiro atoms. The second-order valence-corrected chi connectivity index (χ2v) is 4.64. The van der Waals surface area contributed by atoms with Gasteiger partial charge in [0.1, 0.15) is 5.69 Å². The van der Waals surface area contributed by atoms with E-state index in [4.69, 9.17) is 19.1 Å². The van der Waals surface area contributed by atoms with E-state index in [2.05, 4.69) is 5.16 Å². The number of aromatic nitrogens is 1. The van der Waals surface area contributed by atoms with Crippen LogP contribution in [0.4, 0.5) is 0 Å². The Balaban J connectivity index is 2.53. The number of carboxylic acid groups (broad SMARTS) is 1. The fraction of sp³-hybridized carbons (Fsp3) is 0.231. The highest BCUT2D eigenvalue weighted by Crippen LogP contribution is 2.40. The fourth-order valence-electron chi connectivity index (χ4n) is 1.74. The van der Waals surface area contributed by atoms with Crippen molar-refractivity contribution in [3.8, 4) is 22.8 Å². The molecule has 0 aliphatic rings. The Morgan fingerprint density at radius 3 is 2.55 bits per heavy atom. The van der Waals surface area contributed by atoms with Gasteiger partial charge in [-0.2, -0.15) is 0 Å². The Morgan fingerprint density at radius 2 is 2.05 bits per heavy atom. The molecule has 0 radical (unpaired) electrons. The molecule has 0 bridgehead atoms. The summed E-state index contributed by atoms with van der Waals surface area (Å²) in [6.07, 6.45) is 1.91. The standard InChI is InChI=1S/C13H13NO5S/c1-17-9-4-7(5-11(20-3)12(9)18-2)8-6-10(13(15)16)19-14-8/h4-6H,1-3H3,(H,15,16). The molecule has 0 saturated carbocycles. The van der Waals surface area contributed by atoms with Crippen molar-refractivity contribution in [2.45, 2.75) is 4.90 Å². The molecule has 1 heterocycles. The minimum atomic E-state index is -1.16. The maximum Gasteiger partial charge on any atom is 0.374 e. The Morgan fingerprint density at radius 1 is 1.30 bits per heavy atom. The number of rotatable bonds is 5. The van der Waals surface area contributed by atoms with Crippen molar-refractivity contribution in [2.24, 2.45) is 0 Å². The molecule has 0 fully saturated rings. The van der Waals surface area contributed by atoms with Crippen molar-refractivity contribution in [1.29, 1.82) is 0 Å². The van der Waals surface area contributed by atoms with Crippen LogP contribution >= 0.6 is 11.8 Å². The topological polar surface area (TPSA) is 81.8 Å². The number of ether oxygens (including phenoxy) is 2. The van der Waals surface area contributed by atoms with Crippen LogP contribution in [0.25, 0.3) is 11.3 Å². The maximum absolute atomic E-state index is 10.8. The number of carboxylic acids is 1. The molecule has 1 N–H and O–H groups in total. The molecule has 7 heteroatoms. The highest BCUT2D eigenvalue weighted by molar-refractivity contribution is 7.98. The highest BCUT2D eigenvalue weighted by Gasteiger charge is 2.17. The molecule has 0 aliphatic carbocycles. The van der Waals surface area contributed by atoms with Gasteiger partial charge < -0.3 is 19.1 Å². The van der Waals surface area contributed by atoms with Gasteiger partial charge >= 0.3 is 5.97 Å². The molecule has 2 aromatic rings. The molecule has 0 saturated heterocycles. The minimum Gasteiger partial charge on any atom is -0.493 e. The van der Waals surface area contributed by atoms with Crippen molar-refractivity contribution >= 4 is 17.7 Å².